The van der Waals surface area contributed by atoms with Gasteiger partial charge in [-0.25, -0.2) is 4.79 Å². The van der Waals surface area contributed by atoms with Gasteiger partial charge in [-0.1, -0.05) is 6.07 Å². The van der Waals surface area contributed by atoms with Gasteiger partial charge in [0.15, 0.2) is 0 Å². The minimum Gasteiger partial charge on any atom is -0.480 e. The van der Waals surface area contributed by atoms with Gasteiger partial charge in [0.25, 0.3) is 5.91 Å². The number of thioether (sulfide) groups is 1. The number of carbonyl (C=O) groups excluding carboxylic acids is 1. The first kappa shape index (κ1) is 13.5. The van der Waals surface area contributed by atoms with Crippen molar-refractivity contribution in [2.45, 2.75) is 31.4 Å². The molecule has 20 heavy (non-hydrogen) atoms. The van der Waals surface area contributed by atoms with Crippen molar-refractivity contribution in [1.29, 1.82) is 0 Å². The molecule has 1 amide bonds. The largest absolute Gasteiger partial charge is 0.480 e. The van der Waals surface area contributed by atoms with Crippen LogP contribution in [0.1, 0.15) is 28.4 Å². The number of amides is 1. The highest BCUT2D eigenvalue weighted by molar-refractivity contribution is 8.00. The van der Waals surface area contributed by atoms with E-state index in [1.165, 1.54) is 22.2 Å². The summed E-state index contributed by atoms with van der Waals surface area (Å²) in [5.74, 6) is -0.669. The Hall–Kier alpha value is -1.53. The second-order valence-corrected chi connectivity index (χ2v) is 6.44. The zero-order valence-corrected chi connectivity index (χ0v) is 11.9. The summed E-state index contributed by atoms with van der Waals surface area (Å²) < 4.78 is 0. The van der Waals surface area contributed by atoms with Crippen molar-refractivity contribution < 1.29 is 14.7 Å². The minimum absolute atomic E-state index is 0.102. The lowest BCUT2D eigenvalue weighted by molar-refractivity contribution is -0.141. The molecule has 2 N–H and O–H groups in total. The Kier molecular flexibility index (Phi) is 3.43. The lowest BCUT2D eigenvalue weighted by Gasteiger charge is -2.25. The normalized spacial score (nSPS) is 24.8. The zero-order valence-electron chi connectivity index (χ0n) is 11.1. The maximum Gasteiger partial charge on any atom is 0.327 e. The van der Waals surface area contributed by atoms with E-state index in [1.807, 2.05) is 19.1 Å². The molecular formula is C14H16N2O3S. The fourth-order valence-electron chi connectivity index (χ4n) is 2.72. The zero-order chi connectivity index (χ0) is 14.3. The molecule has 0 saturated carbocycles. The van der Waals surface area contributed by atoms with Crippen LogP contribution in [0.4, 0.5) is 0 Å². The average molecular weight is 292 g/mol. The van der Waals surface area contributed by atoms with Crippen molar-refractivity contribution >= 4 is 23.6 Å². The molecule has 0 aromatic heterocycles. The number of hydrogen-bond donors (Lipinski definition) is 2. The van der Waals surface area contributed by atoms with E-state index in [1.54, 1.807) is 6.07 Å². The number of fused-ring (bicyclic) bond motifs is 1. The van der Waals surface area contributed by atoms with E-state index >= 15 is 0 Å². The van der Waals surface area contributed by atoms with Gasteiger partial charge in [0.05, 0.1) is 5.37 Å². The van der Waals surface area contributed by atoms with Crippen LogP contribution in [0.25, 0.3) is 0 Å². The van der Waals surface area contributed by atoms with Crippen LogP contribution in [0, 0.1) is 0 Å². The van der Waals surface area contributed by atoms with E-state index in [0.29, 0.717) is 11.3 Å². The quantitative estimate of drug-likeness (QED) is 0.859. The number of nitrogens with one attached hydrogen (secondary N) is 1. The molecule has 0 aliphatic carbocycles. The van der Waals surface area contributed by atoms with E-state index in [2.05, 4.69) is 5.32 Å². The summed E-state index contributed by atoms with van der Waals surface area (Å²) in [6, 6.07) is 4.90. The molecule has 1 saturated heterocycles. The van der Waals surface area contributed by atoms with E-state index < -0.39 is 12.0 Å². The molecule has 3 rings (SSSR count). The van der Waals surface area contributed by atoms with Crippen molar-refractivity contribution in [2.75, 3.05) is 5.75 Å². The molecule has 2 heterocycles. The Balaban J connectivity index is 1.89. The average Bonchev–Trinajstić information content (AvgIpc) is 3.03. The summed E-state index contributed by atoms with van der Waals surface area (Å²) in [6.45, 7) is 3.47. The number of carbonyl (C=O) groups is 2. The second kappa shape index (κ2) is 5.10. The minimum atomic E-state index is -0.932. The third kappa shape index (κ3) is 2.19. The van der Waals surface area contributed by atoms with Gasteiger partial charge in [0, 0.05) is 24.4 Å². The Morgan fingerprint density at radius 2 is 2.10 bits per heavy atom. The highest BCUT2D eigenvalue weighted by Crippen LogP contribution is 2.31. The van der Waals surface area contributed by atoms with Gasteiger partial charge in [0.1, 0.15) is 6.04 Å². The maximum atomic E-state index is 12.6. The van der Waals surface area contributed by atoms with Gasteiger partial charge >= 0.3 is 5.97 Å². The van der Waals surface area contributed by atoms with Crippen molar-refractivity contribution in [2.24, 2.45) is 0 Å². The highest BCUT2D eigenvalue weighted by atomic mass is 32.2. The smallest absolute Gasteiger partial charge is 0.327 e. The Labute approximate surface area is 121 Å². The van der Waals surface area contributed by atoms with Gasteiger partial charge < -0.3 is 15.3 Å². The summed E-state index contributed by atoms with van der Waals surface area (Å²) in [7, 11) is 0. The monoisotopic (exact) mass is 292 g/mol. The molecule has 1 aromatic carbocycles. The summed E-state index contributed by atoms with van der Waals surface area (Å²) in [4.78, 5) is 25.3. The van der Waals surface area contributed by atoms with Crippen LogP contribution in [0.3, 0.4) is 0 Å². The van der Waals surface area contributed by atoms with Crippen LogP contribution in [-0.4, -0.2) is 39.1 Å². The standard InChI is InChI=1S/C14H16N2O3S/c1-8-16(12(7-20-8)14(18)19)13(17)9-2-3-10-5-15-6-11(10)4-9/h2-4,8,12,15H,5-7H2,1H3,(H,18,19). The van der Waals surface area contributed by atoms with Gasteiger partial charge in [-0.15, -0.1) is 11.8 Å². The molecule has 2 aliphatic rings. The molecule has 1 aromatic rings. The van der Waals surface area contributed by atoms with Gasteiger partial charge in [-0.3, -0.25) is 4.79 Å². The molecular weight excluding hydrogens is 276 g/mol. The fraction of sp³-hybridized carbons (Fsp3) is 0.429. The van der Waals surface area contributed by atoms with Crippen LogP contribution in [-0.2, 0) is 17.9 Å². The molecule has 1 fully saturated rings. The van der Waals surface area contributed by atoms with Crippen LogP contribution in [0.15, 0.2) is 18.2 Å². The van der Waals surface area contributed by atoms with E-state index in [4.69, 9.17) is 0 Å². The fourth-order valence-corrected chi connectivity index (χ4v) is 3.89. The van der Waals surface area contributed by atoms with Crippen molar-refractivity contribution in [3.05, 3.63) is 34.9 Å². The number of aliphatic carboxylic acids is 1. The van der Waals surface area contributed by atoms with Crippen molar-refractivity contribution in [3.8, 4) is 0 Å². The molecule has 0 radical (unpaired) electrons. The number of rotatable bonds is 2. The van der Waals surface area contributed by atoms with Crippen molar-refractivity contribution in [1.82, 2.24) is 10.2 Å². The predicted octanol–water partition coefficient (Wildman–Crippen LogP) is 1.28. The van der Waals surface area contributed by atoms with Gasteiger partial charge in [-0.2, -0.15) is 0 Å². The van der Waals surface area contributed by atoms with Gasteiger partial charge in [-0.05, 0) is 30.2 Å². The van der Waals surface area contributed by atoms with Gasteiger partial charge in [0.2, 0.25) is 0 Å². The molecule has 2 unspecified atom stereocenters. The molecule has 6 heteroatoms. The van der Waals surface area contributed by atoms with E-state index in [9.17, 15) is 14.7 Å². The molecule has 2 atom stereocenters. The topological polar surface area (TPSA) is 69.6 Å². The number of hydrogen-bond acceptors (Lipinski definition) is 4. The SMILES string of the molecule is CC1SCC(C(=O)O)N1C(=O)c1ccc2c(c1)CNC2. The Morgan fingerprint density at radius 3 is 2.85 bits per heavy atom. The van der Waals surface area contributed by atoms with Crippen LogP contribution in [0.2, 0.25) is 0 Å². The molecule has 0 spiro atoms. The molecule has 5 nitrogen and oxygen atoms in total. The second-order valence-electron chi connectivity index (χ2n) is 5.09. The van der Waals surface area contributed by atoms with E-state index in [-0.39, 0.29) is 11.3 Å². The third-order valence-electron chi connectivity index (χ3n) is 3.83. The number of nitrogens with zero attached hydrogens (tertiary/aromatic N) is 1. The highest BCUT2D eigenvalue weighted by Gasteiger charge is 2.39. The number of carboxylic acid groups (broad SMARTS) is 1. The molecule has 2 aliphatic heterocycles. The molecule has 0 bridgehead atoms. The van der Waals surface area contributed by atoms with Crippen LogP contribution < -0.4 is 5.32 Å². The first-order valence-electron chi connectivity index (χ1n) is 6.57. The first-order valence-corrected chi connectivity index (χ1v) is 7.62. The van der Waals surface area contributed by atoms with Crippen LogP contribution >= 0.6 is 11.8 Å². The lowest BCUT2D eigenvalue weighted by atomic mass is 10.0. The van der Waals surface area contributed by atoms with E-state index in [0.717, 1.165) is 18.7 Å². The Bertz CT molecular complexity index is 576. The van der Waals surface area contributed by atoms with Crippen LogP contribution in [0.5, 0.6) is 0 Å². The third-order valence-corrected chi connectivity index (χ3v) is 5.04. The summed E-state index contributed by atoms with van der Waals surface area (Å²) in [6.07, 6.45) is 0. The predicted molar refractivity (Wildman–Crippen MR) is 76.5 cm³/mol. The lowest BCUT2D eigenvalue weighted by Crippen LogP contribution is -2.44. The Morgan fingerprint density at radius 1 is 1.35 bits per heavy atom. The summed E-state index contributed by atoms with van der Waals surface area (Å²) in [5.41, 5.74) is 2.91. The maximum absolute atomic E-state index is 12.6. The number of carboxylic acids is 1. The first-order chi connectivity index (χ1) is 9.58. The summed E-state index contributed by atoms with van der Waals surface area (Å²) in [5, 5.41) is 12.4. The number of benzene rings is 1. The summed E-state index contributed by atoms with van der Waals surface area (Å²) >= 11 is 1.50. The van der Waals surface area contributed by atoms with Crippen molar-refractivity contribution in [3.63, 3.8) is 0 Å². The molecule has 106 valence electrons.